The Morgan fingerprint density at radius 3 is 2.60 bits per heavy atom. The second-order valence-electron chi connectivity index (χ2n) is 7.79. The van der Waals surface area contributed by atoms with E-state index in [1.165, 1.54) is 38.8 Å². The number of rotatable bonds is 7. The van der Waals surface area contributed by atoms with E-state index in [-0.39, 0.29) is 11.3 Å². The molecule has 1 atom stereocenters. The Kier molecular flexibility index (Phi) is 6.40. The van der Waals surface area contributed by atoms with Crippen LogP contribution in [-0.2, 0) is 10.2 Å². The van der Waals surface area contributed by atoms with Crippen molar-refractivity contribution >= 4 is 17.5 Å². The number of benzene rings is 1. The average molecular weight is 363 g/mol. The van der Waals surface area contributed by atoms with Crippen LogP contribution >= 0.6 is 11.6 Å². The zero-order valence-corrected chi connectivity index (χ0v) is 16.2. The topological polar surface area (TPSA) is 32.3 Å². The Labute approximate surface area is 157 Å². The van der Waals surface area contributed by atoms with Gasteiger partial charge in [0.2, 0.25) is 5.91 Å². The summed E-state index contributed by atoms with van der Waals surface area (Å²) in [7, 11) is 0. The van der Waals surface area contributed by atoms with Gasteiger partial charge in [-0.25, -0.2) is 0 Å². The SMILES string of the molecule is CC1CCCCN1CCCCNC(=O)C1(c2ccc(Cl)cc2)CCC1. The number of likely N-dealkylation sites (tertiary alicyclic amines) is 1. The summed E-state index contributed by atoms with van der Waals surface area (Å²) in [4.78, 5) is 15.4. The lowest BCUT2D eigenvalue weighted by molar-refractivity contribution is -0.129. The van der Waals surface area contributed by atoms with E-state index in [1.807, 2.05) is 24.3 Å². The zero-order chi connectivity index (χ0) is 17.7. The van der Waals surface area contributed by atoms with E-state index in [0.717, 1.165) is 48.9 Å². The molecule has 3 rings (SSSR count). The summed E-state index contributed by atoms with van der Waals surface area (Å²) in [5.74, 6) is 0.201. The number of hydrogen-bond donors (Lipinski definition) is 1. The molecule has 0 radical (unpaired) electrons. The van der Waals surface area contributed by atoms with E-state index in [9.17, 15) is 4.79 Å². The highest BCUT2D eigenvalue weighted by Crippen LogP contribution is 2.44. The van der Waals surface area contributed by atoms with Crippen molar-refractivity contribution in [2.24, 2.45) is 0 Å². The Balaban J connectivity index is 1.43. The van der Waals surface area contributed by atoms with Crippen LogP contribution in [0.1, 0.15) is 63.9 Å². The van der Waals surface area contributed by atoms with E-state index in [2.05, 4.69) is 17.1 Å². The number of carbonyl (C=O) groups excluding carboxylic acids is 1. The van der Waals surface area contributed by atoms with E-state index in [0.29, 0.717) is 0 Å². The van der Waals surface area contributed by atoms with Crippen molar-refractivity contribution in [2.75, 3.05) is 19.6 Å². The zero-order valence-electron chi connectivity index (χ0n) is 15.4. The summed E-state index contributed by atoms with van der Waals surface area (Å²) >= 11 is 5.99. The lowest BCUT2D eigenvalue weighted by Gasteiger charge is -2.40. The van der Waals surface area contributed by atoms with Crippen LogP contribution in [0.15, 0.2) is 24.3 Å². The normalized spacial score (nSPS) is 23.0. The molecule has 1 N–H and O–H groups in total. The van der Waals surface area contributed by atoms with Gasteiger partial charge in [0.1, 0.15) is 0 Å². The summed E-state index contributed by atoms with van der Waals surface area (Å²) < 4.78 is 0. The van der Waals surface area contributed by atoms with Crippen molar-refractivity contribution < 1.29 is 4.79 Å². The van der Waals surface area contributed by atoms with E-state index >= 15 is 0 Å². The van der Waals surface area contributed by atoms with Crippen LogP contribution in [0.4, 0.5) is 0 Å². The summed E-state index contributed by atoms with van der Waals surface area (Å²) in [6, 6.07) is 8.54. The van der Waals surface area contributed by atoms with Crippen LogP contribution in [0.2, 0.25) is 5.02 Å². The molecular formula is C21H31ClN2O. The van der Waals surface area contributed by atoms with Gasteiger partial charge < -0.3 is 10.2 Å². The molecule has 0 bridgehead atoms. The third-order valence-corrected chi connectivity index (χ3v) is 6.39. The van der Waals surface area contributed by atoms with Crippen LogP contribution in [-0.4, -0.2) is 36.5 Å². The van der Waals surface area contributed by atoms with Gasteiger partial charge in [0, 0.05) is 17.6 Å². The highest BCUT2D eigenvalue weighted by molar-refractivity contribution is 6.30. The Bertz CT molecular complexity index is 568. The number of piperidine rings is 1. The van der Waals surface area contributed by atoms with Crippen LogP contribution in [0.3, 0.4) is 0 Å². The number of carbonyl (C=O) groups is 1. The van der Waals surface area contributed by atoms with Gasteiger partial charge in [-0.05, 0) is 76.2 Å². The maximum atomic E-state index is 12.8. The minimum absolute atomic E-state index is 0.201. The second kappa shape index (κ2) is 8.55. The molecule has 0 spiro atoms. The molecule has 1 aliphatic carbocycles. The molecule has 1 amide bonds. The Hall–Kier alpha value is -1.06. The Morgan fingerprint density at radius 1 is 1.20 bits per heavy atom. The predicted octanol–water partition coefficient (Wildman–Crippen LogP) is 4.53. The van der Waals surface area contributed by atoms with E-state index in [4.69, 9.17) is 11.6 Å². The lowest BCUT2D eigenvalue weighted by atomic mass is 9.64. The van der Waals surface area contributed by atoms with E-state index in [1.54, 1.807) is 0 Å². The highest BCUT2D eigenvalue weighted by Gasteiger charge is 2.45. The average Bonchev–Trinajstić information content (AvgIpc) is 2.57. The predicted molar refractivity (Wildman–Crippen MR) is 104 cm³/mol. The molecule has 0 aromatic heterocycles. The summed E-state index contributed by atoms with van der Waals surface area (Å²) in [5.41, 5.74) is 0.800. The first kappa shape index (κ1) is 18.7. The number of halogens is 1. The van der Waals surface area contributed by atoms with Crippen molar-refractivity contribution in [3.05, 3.63) is 34.9 Å². The second-order valence-corrected chi connectivity index (χ2v) is 8.22. The van der Waals surface area contributed by atoms with Gasteiger partial charge in [0.05, 0.1) is 5.41 Å². The number of hydrogen-bond acceptors (Lipinski definition) is 2. The van der Waals surface area contributed by atoms with Gasteiger partial charge in [-0.15, -0.1) is 0 Å². The maximum absolute atomic E-state index is 12.8. The van der Waals surface area contributed by atoms with Crippen LogP contribution < -0.4 is 5.32 Å². The number of nitrogens with zero attached hydrogens (tertiary/aromatic N) is 1. The van der Waals surface area contributed by atoms with Gasteiger partial charge in [-0.3, -0.25) is 4.79 Å². The summed E-state index contributed by atoms with van der Waals surface area (Å²) in [6.45, 7) is 5.54. The van der Waals surface area contributed by atoms with Crippen molar-refractivity contribution in [3.8, 4) is 0 Å². The van der Waals surface area contributed by atoms with Gasteiger partial charge in [-0.2, -0.15) is 0 Å². The van der Waals surface area contributed by atoms with Crippen molar-refractivity contribution in [1.29, 1.82) is 0 Å². The first-order valence-corrected chi connectivity index (χ1v) is 10.3. The molecule has 138 valence electrons. The number of nitrogens with one attached hydrogen (secondary N) is 1. The molecule has 2 aliphatic rings. The largest absolute Gasteiger partial charge is 0.355 e. The van der Waals surface area contributed by atoms with Crippen LogP contribution in [0.25, 0.3) is 0 Å². The smallest absolute Gasteiger partial charge is 0.230 e. The summed E-state index contributed by atoms with van der Waals surface area (Å²) in [5, 5.41) is 3.92. The molecule has 1 saturated carbocycles. The molecule has 25 heavy (non-hydrogen) atoms. The first-order chi connectivity index (χ1) is 12.1. The number of amides is 1. The quantitative estimate of drug-likeness (QED) is 0.722. The van der Waals surface area contributed by atoms with Gasteiger partial charge in [0.25, 0.3) is 0 Å². The molecule has 1 aliphatic heterocycles. The maximum Gasteiger partial charge on any atom is 0.230 e. The van der Waals surface area contributed by atoms with Crippen molar-refractivity contribution in [3.63, 3.8) is 0 Å². The summed E-state index contributed by atoms with van der Waals surface area (Å²) in [6.07, 6.45) is 9.30. The first-order valence-electron chi connectivity index (χ1n) is 9.90. The molecule has 3 nitrogen and oxygen atoms in total. The minimum atomic E-state index is -0.314. The van der Waals surface area contributed by atoms with Gasteiger partial charge >= 0.3 is 0 Å². The molecule has 4 heteroatoms. The molecule has 2 fully saturated rings. The Morgan fingerprint density at radius 2 is 1.96 bits per heavy atom. The monoisotopic (exact) mass is 362 g/mol. The molecule has 1 aromatic rings. The standard InChI is InChI=1S/C21H31ClN2O/c1-17-7-2-4-15-24(17)16-5-3-14-23-20(25)21(12-6-13-21)18-8-10-19(22)11-9-18/h8-11,17H,2-7,12-16H2,1H3,(H,23,25). The molecular weight excluding hydrogens is 332 g/mol. The van der Waals surface area contributed by atoms with E-state index < -0.39 is 0 Å². The molecule has 1 saturated heterocycles. The molecule has 1 aromatic carbocycles. The molecule has 1 unspecified atom stereocenters. The molecule has 1 heterocycles. The third kappa shape index (κ3) is 4.38. The fraction of sp³-hybridized carbons (Fsp3) is 0.667. The highest BCUT2D eigenvalue weighted by atomic mass is 35.5. The third-order valence-electron chi connectivity index (χ3n) is 6.14. The van der Waals surface area contributed by atoms with Crippen LogP contribution in [0, 0.1) is 0 Å². The fourth-order valence-corrected chi connectivity index (χ4v) is 4.37. The lowest BCUT2D eigenvalue weighted by Crippen LogP contribution is -2.49. The fourth-order valence-electron chi connectivity index (χ4n) is 4.25. The van der Waals surface area contributed by atoms with Gasteiger partial charge in [0.15, 0.2) is 0 Å². The van der Waals surface area contributed by atoms with Crippen molar-refractivity contribution in [2.45, 2.75) is 69.7 Å². The number of unbranched alkanes of at least 4 members (excludes halogenated alkanes) is 1. The van der Waals surface area contributed by atoms with Crippen molar-refractivity contribution in [1.82, 2.24) is 10.2 Å². The van der Waals surface area contributed by atoms with Gasteiger partial charge in [-0.1, -0.05) is 36.6 Å². The van der Waals surface area contributed by atoms with Crippen LogP contribution in [0.5, 0.6) is 0 Å². The minimum Gasteiger partial charge on any atom is -0.355 e.